The summed E-state index contributed by atoms with van der Waals surface area (Å²) in [7, 11) is 0. The van der Waals surface area contributed by atoms with Crippen molar-refractivity contribution in [3.8, 4) is 0 Å². The smallest absolute Gasteiger partial charge is 0.314 e. The molecule has 2 heterocycles. The third kappa shape index (κ3) is 2.99. The van der Waals surface area contributed by atoms with E-state index in [-0.39, 0.29) is 5.56 Å². The molecule has 1 saturated heterocycles. The molecule has 7 nitrogen and oxygen atoms in total. The number of carbonyl (C=O) groups excluding carboxylic acids is 3. The van der Waals surface area contributed by atoms with Gasteiger partial charge in [-0.05, 0) is 25.0 Å². The molecule has 0 aromatic carbocycles. The summed E-state index contributed by atoms with van der Waals surface area (Å²) in [4.78, 5) is 41.3. The summed E-state index contributed by atoms with van der Waals surface area (Å²) in [6, 6.07) is 0.881. The van der Waals surface area contributed by atoms with Gasteiger partial charge in [0, 0.05) is 18.4 Å². The fourth-order valence-electron chi connectivity index (χ4n) is 3.31. The molecule has 2 aliphatic rings. The molecule has 1 saturated carbocycles. The lowest BCUT2D eigenvalue weighted by atomic mass is 9.94. The summed E-state index contributed by atoms with van der Waals surface area (Å²) in [6.45, 7) is 0. The first-order chi connectivity index (χ1) is 12.3. The van der Waals surface area contributed by atoms with E-state index in [0.717, 1.165) is 25.5 Å². The number of urea groups is 1. The van der Waals surface area contributed by atoms with E-state index in [1.165, 1.54) is 18.3 Å². The van der Waals surface area contributed by atoms with Crippen LogP contribution in [-0.4, -0.2) is 45.6 Å². The summed E-state index contributed by atoms with van der Waals surface area (Å²) in [5.74, 6) is -2.66. The van der Waals surface area contributed by atoms with E-state index in [1.54, 1.807) is 10.6 Å². The fraction of sp³-hybridized carbons (Fsp3) is 0.500. The number of aromatic nitrogens is 1. The predicted octanol–water partition coefficient (Wildman–Crippen LogP) is 1.95. The maximum Gasteiger partial charge on any atom is 0.440 e. The number of imide groups is 1. The van der Waals surface area contributed by atoms with Gasteiger partial charge in [-0.2, -0.15) is 13.2 Å². The van der Waals surface area contributed by atoms with E-state index in [0.29, 0.717) is 17.7 Å². The first-order valence-electron chi connectivity index (χ1n) is 8.21. The predicted molar refractivity (Wildman–Crippen MR) is 82.7 cm³/mol. The number of carbonyl (C=O) groups is 3. The normalized spacial score (nSPS) is 24.5. The van der Waals surface area contributed by atoms with Gasteiger partial charge in [0.2, 0.25) is 0 Å². The standard InChI is InChI=1S/C16H17F3N4O3/c17-16(18,19)15(21-12(24)10-5-4-8-20-9-10)13(25)23(14(26)22-15)11-6-2-1-3-7-11/h4-5,8-9,11H,1-3,6-7H2,(H,21,24)(H,22,26)/t15-/m0/s1. The molecule has 1 atom stereocenters. The van der Waals surface area contributed by atoms with Crippen LogP contribution in [0.2, 0.25) is 0 Å². The molecule has 2 N–H and O–H groups in total. The van der Waals surface area contributed by atoms with Crippen molar-refractivity contribution >= 4 is 17.8 Å². The van der Waals surface area contributed by atoms with E-state index >= 15 is 0 Å². The molecule has 1 aromatic rings. The molecule has 0 unspecified atom stereocenters. The number of pyridine rings is 1. The van der Waals surface area contributed by atoms with Gasteiger partial charge in [0.05, 0.1) is 5.56 Å². The highest BCUT2D eigenvalue weighted by atomic mass is 19.4. The molecule has 1 aliphatic heterocycles. The molecule has 10 heteroatoms. The van der Waals surface area contributed by atoms with Crippen molar-refractivity contribution in [2.75, 3.05) is 0 Å². The Morgan fingerprint density at radius 1 is 1.27 bits per heavy atom. The lowest BCUT2D eigenvalue weighted by Crippen LogP contribution is -2.69. The molecular formula is C16H17F3N4O3. The SMILES string of the molecule is O=C(N[C@]1(C(F)(F)F)NC(=O)N(C2CCCCC2)C1=O)c1cccnc1. The van der Waals surface area contributed by atoms with Crippen molar-refractivity contribution in [1.29, 1.82) is 0 Å². The second kappa shape index (κ2) is 6.58. The number of alkyl halides is 3. The minimum atomic E-state index is -5.21. The van der Waals surface area contributed by atoms with Gasteiger partial charge >= 0.3 is 12.2 Å². The van der Waals surface area contributed by atoms with Crippen LogP contribution >= 0.6 is 0 Å². The van der Waals surface area contributed by atoms with Crippen molar-refractivity contribution < 1.29 is 27.6 Å². The van der Waals surface area contributed by atoms with Crippen molar-refractivity contribution in [2.24, 2.45) is 0 Å². The number of amides is 4. The Kier molecular flexibility index (Phi) is 4.59. The van der Waals surface area contributed by atoms with Crippen LogP contribution in [-0.2, 0) is 4.79 Å². The highest BCUT2D eigenvalue weighted by Gasteiger charge is 2.69. The van der Waals surface area contributed by atoms with Crippen LogP contribution in [0.1, 0.15) is 42.5 Å². The molecule has 0 bridgehead atoms. The van der Waals surface area contributed by atoms with Gasteiger partial charge in [-0.15, -0.1) is 0 Å². The van der Waals surface area contributed by atoms with Gasteiger partial charge in [-0.3, -0.25) is 24.8 Å². The molecule has 1 aromatic heterocycles. The summed E-state index contributed by atoms with van der Waals surface area (Å²) < 4.78 is 41.3. The lowest BCUT2D eigenvalue weighted by Gasteiger charge is -2.32. The Morgan fingerprint density at radius 3 is 2.54 bits per heavy atom. The molecule has 3 rings (SSSR count). The van der Waals surface area contributed by atoms with E-state index in [9.17, 15) is 27.6 Å². The average molecular weight is 370 g/mol. The maximum atomic E-state index is 13.8. The average Bonchev–Trinajstić information content (AvgIpc) is 2.87. The molecule has 0 radical (unpaired) electrons. The molecule has 4 amide bonds. The Bertz CT molecular complexity index is 719. The van der Waals surface area contributed by atoms with Crippen LogP contribution in [0.25, 0.3) is 0 Å². The zero-order valence-electron chi connectivity index (χ0n) is 13.7. The van der Waals surface area contributed by atoms with Gasteiger partial charge in [0.1, 0.15) is 0 Å². The number of hydrogen-bond donors (Lipinski definition) is 2. The lowest BCUT2D eigenvalue weighted by molar-refractivity contribution is -0.200. The van der Waals surface area contributed by atoms with Crippen LogP contribution in [0, 0.1) is 0 Å². The van der Waals surface area contributed by atoms with Crippen molar-refractivity contribution in [1.82, 2.24) is 20.5 Å². The molecule has 1 aliphatic carbocycles. The quantitative estimate of drug-likeness (QED) is 0.796. The first-order valence-corrected chi connectivity index (χ1v) is 8.21. The summed E-state index contributed by atoms with van der Waals surface area (Å²) in [6.07, 6.45) is 0.464. The highest BCUT2D eigenvalue weighted by molar-refractivity contribution is 6.10. The number of nitrogens with zero attached hydrogens (tertiary/aromatic N) is 2. The van der Waals surface area contributed by atoms with Crippen LogP contribution < -0.4 is 10.6 Å². The minimum absolute atomic E-state index is 0.158. The van der Waals surface area contributed by atoms with Gasteiger partial charge in [-0.25, -0.2) is 4.79 Å². The van der Waals surface area contributed by atoms with Gasteiger partial charge in [0.15, 0.2) is 0 Å². The third-order valence-electron chi connectivity index (χ3n) is 4.64. The number of nitrogens with one attached hydrogen (secondary N) is 2. The maximum absolute atomic E-state index is 13.8. The van der Waals surface area contributed by atoms with E-state index in [1.807, 2.05) is 0 Å². The topological polar surface area (TPSA) is 91.4 Å². The highest BCUT2D eigenvalue weighted by Crippen LogP contribution is 2.36. The molecule has 2 fully saturated rings. The minimum Gasteiger partial charge on any atom is -0.314 e. The second-order valence-electron chi connectivity index (χ2n) is 6.34. The van der Waals surface area contributed by atoms with Gasteiger partial charge < -0.3 is 5.32 Å². The van der Waals surface area contributed by atoms with Crippen LogP contribution in [0.4, 0.5) is 18.0 Å². The van der Waals surface area contributed by atoms with Crippen molar-refractivity contribution in [3.05, 3.63) is 30.1 Å². The van der Waals surface area contributed by atoms with E-state index in [4.69, 9.17) is 0 Å². The van der Waals surface area contributed by atoms with E-state index in [2.05, 4.69) is 4.98 Å². The first kappa shape index (κ1) is 18.2. The van der Waals surface area contributed by atoms with Crippen molar-refractivity contribution in [3.63, 3.8) is 0 Å². The molecule has 26 heavy (non-hydrogen) atoms. The van der Waals surface area contributed by atoms with Crippen LogP contribution in [0.3, 0.4) is 0 Å². The number of rotatable bonds is 3. The second-order valence-corrected chi connectivity index (χ2v) is 6.34. The van der Waals surface area contributed by atoms with Crippen molar-refractivity contribution in [2.45, 2.75) is 50.0 Å². The van der Waals surface area contributed by atoms with Gasteiger partial charge in [0.25, 0.3) is 17.5 Å². The zero-order chi connectivity index (χ0) is 18.9. The monoisotopic (exact) mass is 370 g/mol. The summed E-state index contributed by atoms with van der Waals surface area (Å²) in [5.41, 5.74) is -3.64. The molecular weight excluding hydrogens is 353 g/mol. The van der Waals surface area contributed by atoms with Gasteiger partial charge in [-0.1, -0.05) is 19.3 Å². The Labute approximate surface area is 146 Å². The molecule has 140 valence electrons. The number of halogens is 3. The Balaban J connectivity index is 1.92. The van der Waals surface area contributed by atoms with Crippen LogP contribution in [0.15, 0.2) is 24.5 Å². The third-order valence-corrected chi connectivity index (χ3v) is 4.64. The molecule has 0 spiro atoms. The fourth-order valence-corrected chi connectivity index (χ4v) is 3.31. The largest absolute Gasteiger partial charge is 0.440 e. The Morgan fingerprint density at radius 2 is 1.96 bits per heavy atom. The van der Waals surface area contributed by atoms with Crippen LogP contribution in [0.5, 0.6) is 0 Å². The number of hydrogen-bond acceptors (Lipinski definition) is 4. The zero-order valence-corrected chi connectivity index (χ0v) is 13.7. The van der Waals surface area contributed by atoms with E-state index < -0.39 is 35.7 Å². The summed E-state index contributed by atoms with van der Waals surface area (Å²) >= 11 is 0. The Hall–Kier alpha value is -2.65. The summed E-state index contributed by atoms with van der Waals surface area (Å²) in [5, 5.41) is 3.34.